The van der Waals surface area contributed by atoms with E-state index in [4.69, 9.17) is 4.42 Å². The van der Waals surface area contributed by atoms with Gasteiger partial charge < -0.3 is 4.42 Å². The van der Waals surface area contributed by atoms with Gasteiger partial charge in [-0.15, -0.1) is 17.5 Å². The second kappa shape index (κ2) is 3.24. The molecule has 1 nitrogen and oxygen atoms in total. The predicted molar refractivity (Wildman–Crippen MR) is 35.1 cm³/mol. The zero-order valence-electron chi connectivity index (χ0n) is 5.79. The molecule has 0 aliphatic heterocycles. The van der Waals surface area contributed by atoms with E-state index in [9.17, 15) is 0 Å². The Morgan fingerprint density at radius 1 is 1.20 bits per heavy atom. The van der Waals surface area contributed by atoms with Crippen LogP contribution < -0.4 is 29.6 Å². The molecule has 44 valence electrons. The minimum absolute atomic E-state index is 0. The molecule has 0 fully saturated rings. The Labute approximate surface area is 81.3 Å². The van der Waals surface area contributed by atoms with Gasteiger partial charge in [0, 0.05) is 0 Å². The summed E-state index contributed by atoms with van der Waals surface area (Å²) in [6.45, 7) is 0. The van der Waals surface area contributed by atoms with Crippen LogP contribution in [-0.2, 0) is 0 Å². The summed E-state index contributed by atoms with van der Waals surface area (Å²) in [6, 6.07) is 9.67. The van der Waals surface area contributed by atoms with Gasteiger partial charge in [-0.2, -0.15) is 0 Å². The Morgan fingerprint density at radius 3 is 2.80 bits per heavy atom. The number of para-hydroxylation sites is 1. The number of rotatable bonds is 0. The fourth-order valence-electron chi connectivity index (χ4n) is 0.849. The third kappa shape index (κ3) is 1.26. The van der Waals surface area contributed by atoms with Crippen LogP contribution in [0, 0.1) is 6.26 Å². The minimum atomic E-state index is 0. The van der Waals surface area contributed by atoms with Crippen molar-refractivity contribution in [1.82, 2.24) is 0 Å². The van der Waals surface area contributed by atoms with Crippen molar-refractivity contribution in [1.29, 1.82) is 0 Å². The Bertz CT molecular complexity index is 283. The third-order valence-corrected chi connectivity index (χ3v) is 1.30. The number of hydrogen-bond donors (Lipinski definition) is 0. The summed E-state index contributed by atoms with van der Waals surface area (Å²) in [6.07, 6.45) is 2.66. The van der Waals surface area contributed by atoms with Gasteiger partial charge in [0.2, 0.25) is 0 Å². The van der Waals surface area contributed by atoms with Gasteiger partial charge in [0.25, 0.3) is 0 Å². The molecule has 0 aliphatic rings. The summed E-state index contributed by atoms with van der Waals surface area (Å²) >= 11 is 0. The van der Waals surface area contributed by atoms with Crippen molar-refractivity contribution < 1.29 is 34.0 Å². The van der Waals surface area contributed by atoms with Gasteiger partial charge in [0.15, 0.2) is 0 Å². The molecule has 0 spiro atoms. The smallest absolute Gasteiger partial charge is 0.591 e. The number of furan rings is 1. The van der Waals surface area contributed by atoms with Crippen LogP contribution in [0.5, 0.6) is 0 Å². The van der Waals surface area contributed by atoms with E-state index in [1.807, 2.05) is 30.3 Å². The zero-order chi connectivity index (χ0) is 6.10. The summed E-state index contributed by atoms with van der Waals surface area (Å²) in [7, 11) is 0. The number of benzene rings is 1. The van der Waals surface area contributed by atoms with Crippen molar-refractivity contribution in [3.63, 3.8) is 0 Å². The molecule has 0 amide bonds. The van der Waals surface area contributed by atoms with Gasteiger partial charge in [0.05, 0.1) is 0 Å². The Morgan fingerprint density at radius 2 is 2.00 bits per heavy atom. The van der Waals surface area contributed by atoms with E-state index < -0.39 is 0 Å². The Kier molecular flexibility index (Phi) is 2.55. The van der Waals surface area contributed by atoms with E-state index >= 15 is 0 Å². The summed E-state index contributed by atoms with van der Waals surface area (Å²) in [5, 5.41) is 1.11. The van der Waals surface area contributed by atoms with Crippen molar-refractivity contribution >= 4 is 11.0 Å². The molecule has 0 N–H and O–H groups in total. The molecule has 0 unspecified atom stereocenters. The van der Waals surface area contributed by atoms with Gasteiger partial charge in [-0.05, 0) is 11.8 Å². The zero-order valence-corrected chi connectivity index (χ0v) is 7.79. The van der Waals surface area contributed by atoms with Crippen LogP contribution in [0.15, 0.2) is 34.7 Å². The molecule has 0 saturated heterocycles. The Hall–Kier alpha value is -0.240. The van der Waals surface area contributed by atoms with Crippen molar-refractivity contribution in [3.05, 3.63) is 36.6 Å². The molecule has 0 saturated carbocycles. The van der Waals surface area contributed by atoms with Gasteiger partial charge >= 0.3 is 29.6 Å². The molecule has 1 aromatic carbocycles. The van der Waals surface area contributed by atoms with Crippen molar-refractivity contribution in [2.24, 2.45) is 0 Å². The average Bonchev–Trinajstić information content (AvgIpc) is 2.33. The van der Waals surface area contributed by atoms with Crippen LogP contribution in [-0.4, -0.2) is 0 Å². The van der Waals surface area contributed by atoms with Crippen LogP contribution in [0.25, 0.3) is 11.0 Å². The van der Waals surface area contributed by atoms with Gasteiger partial charge in [0.1, 0.15) is 0 Å². The molecule has 0 radical (unpaired) electrons. The standard InChI is InChI=1S/C8H5O.Na/c1-2-4-8-7(3-1)5-6-9-8;/h1-5H;/q-1;+1. The first-order chi connectivity index (χ1) is 4.47. The monoisotopic (exact) mass is 140 g/mol. The molecule has 0 aliphatic carbocycles. The second-order valence-corrected chi connectivity index (χ2v) is 1.90. The largest absolute Gasteiger partial charge is 1.00 e. The summed E-state index contributed by atoms with van der Waals surface area (Å²) in [5.41, 5.74) is 0.900. The molecule has 1 aromatic heterocycles. The summed E-state index contributed by atoms with van der Waals surface area (Å²) < 4.78 is 4.99. The van der Waals surface area contributed by atoms with E-state index in [0.717, 1.165) is 11.0 Å². The molecule has 2 aromatic rings. The maximum atomic E-state index is 4.99. The second-order valence-electron chi connectivity index (χ2n) is 1.90. The molecule has 0 bridgehead atoms. The molecular formula is C8H5NaO. The maximum Gasteiger partial charge on any atom is 1.00 e. The van der Waals surface area contributed by atoms with Crippen LogP contribution in [0.1, 0.15) is 0 Å². The van der Waals surface area contributed by atoms with E-state index in [2.05, 4.69) is 6.26 Å². The summed E-state index contributed by atoms with van der Waals surface area (Å²) in [5.74, 6) is 0. The fourth-order valence-corrected chi connectivity index (χ4v) is 0.849. The van der Waals surface area contributed by atoms with Crippen molar-refractivity contribution in [2.45, 2.75) is 0 Å². The summed E-state index contributed by atoms with van der Waals surface area (Å²) in [4.78, 5) is 0. The van der Waals surface area contributed by atoms with E-state index in [1.165, 1.54) is 0 Å². The molecule has 1 heterocycles. The first-order valence-corrected chi connectivity index (χ1v) is 2.81. The van der Waals surface area contributed by atoms with Gasteiger partial charge in [-0.25, -0.2) is 0 Å². The topological polar surface area (TPSA) is 13.1 Å². The van der Waals surface area contributed by atoms with Crippen LogP contribution >= 0.6 is 0 Å². The van der Waals surface area contributed by atoms with Gasteiger partial charge in [-0.1, -0.05) is 18.2 Å². The first-order valence-electron chi connectivity index (χ1n) is 2.81. The Balaban J connectivity index is 0.000000500. The number of hydrogen-bond acceptors (Lipinski definition) is 1. The van der Waals surface area contributed by atoms with Gasteiger partial charge in [-0.3, -0.25) is 0 Å². The molecule has 10 heavy (non-hydrogen) atoms. The first kappa shape index (κ1) is 7.86. The third-order valence-electron chi connectivity index (χ3n) is 1.30. The fraction of sp³-hybridized carbons (Fsp3) is 0. The molecule has 0 atom stereocenters. The molecule has 2 heteroatoms. The maximum absolute atomic E-state index is 4.99. The van der Waals surface area contributed by atoms with Crippen LogP contribution in [0.4, 0.5) is 0 Å². The quantitative estimate of drug-likeness (QED) is 0.346. The van der Waals surface area contributed by atoms with Crippen molar-refractivity contribution in [3.8, 4) is 0 Å². The van der Waals surface area contributed by atoms with Crippen LogP contribution in [0.2, 0.25) is 0 Å². The average molecular weight is 140 g/mol. The molecular weight excluding hydrogens is 135 g/mol. The molecule has 2 rings (SSSR count). The predicted octanol–water partition coefficient (Wildman–Crippen LogP) is -0.763. The normalized spacial score (nSPS) is 9.20. The van der Waals surface area contributed by atoms with E-state index in [0.29, 0.717) is 0 Å². The SMILES string of the molecule is [Na+].[c-]1cc2ccccc2o1. The van der Waals surface area contributed by atoms with E-state index in [-0.39, 0.29) is 29.6 Å². The van der Waals surface area contributed by atoms with Crippen LogP contribution in [0.3, 0.4) is 0 Å². The van der Waals surface area contributed by atoms with Crippen molar-refractivity contribution in [2.75, 3.05) is 0 Å². The minimum Gasteiger partial charge on any atom is -0.591 e. The number of fused-ring (bicyclic) bond motifs is 1. The van der Waals surface area contributed by atoms with E-state index in [1.54, 1.807) is 0 Å².